The largest absolute Gasteiger partial charge is 0.679 e. The lowest BCUT2D eigenvalue weighted by molar-refractivity contribution is -0.0105. The summed E-state index contributed by atoms with van der Waals surface area (Å²) >= 11 is 6.87. The predicted octanol–water partition coefficient (Wildman–Crippen LogP) is 4.66. The molecule has 0 amide bonds. The van der Waals surface area contributed by atoms with E-state index in [0.717, 1.165) is 36.3 Å². The van der Waals surface area contributed by atoms with Crippen LogP contribution >= 0.6 is 31.9 Å². The minimum atomic E-state index is -2.90. The van der Waals surface area contributed by atoms with E-state index >= 15 is 0 Å². The fraction of sp³-hybridized carbons (Fsp3) is 1.00. The van der Waals surface area contributed by atoms with Crippen molar-refractivity contribution in [3.05, 3.63) is 0 Å². The van der Waals surface area contributed by atoms with Crippen LogP contribution in [0.15, 0.2) is 0 Å². The third-order valence-electron chi connectivity index (χ3n) is 3.11. The molecular formula is C14H30Br2O4Si. The maximum atomic E-state index is 5.79. The molecule has 7 heteroatoms. The first-order valence-corrected chi connectivity index (χ1v) is 11.6. The molecule has 0 fully saturated rings. The van der Waals surface area contributed by atoms with Crippen molar-refractivity contribution < 1.29 is 17.7 Å². The SMILES string of the molecule is CO[Si](OC)(OCCCCCCBr)OCCCCCCBr. The topological polar surface area (TPSA) is 36.9 Å². The van der Waals surface area contributed by atoms with Gasteiger partial charge in [-0.15, -0.1) is 0 Å². The van der Waals surface area contributed by atoms with Crippen LogP contribution in [0, 0.1) is 0 Å². The summed E-state index contributed by atoms with van der Waals surface area (Å²) in [5.41, 5.74) is 0. The van der Waals surface area contributed by atoms with Crippen LogP contribution in [-0.2, 0) is 17.7 Å². The standard InChI is InChI=1S/C14H30Br2O4Si/c1-17-21(18-2,19-13-9-5-3-7-11-15)20-14-10-6-4-8-12-16/h3-14H2,1-2H3. The van der Waals surface area contributed by atoms with Gasteiger partial charge in [-0.2, -0.15) is 0 Å². The van der Waals surface area contributed by atoms with E-state index in [-0.39, 0.29) is 0 Å². The first-order valence-electron chi connectivity index (χ1n) is 7.74. The summed E-state index contributed by atoms with van der Waals surface area (Å²) in [4.78, 5) is 0. The zero-order valence-electron chi connectivity index (χ0n) is 13.4. The van der Waals surface area contributed by atoms with Crippen LogP contribution in [0.3, 0.4) is 0 Å². The van der Waals surface area contributed by atoms with Gasteiger partial charge in [-0.3, -0.25) is 0 Å². The van der Waals surface area contributed by atoms with Crippen LogP contribution in [0.25, 0.3) is 0 Å². The van der Waals surface area contributed by atoms with Gasteiger partial charge in [-0.25, -0.2) is 0 Å². The maximum Gasteiger partial charge on any atom is 0.679 e. The Morgan fingerprint density at radius 1 is 0.619 bits per heavy atom. The molecule has 0 atom stereocenters. The molecule has 0 aliphatic rings. The van der Waals surface area contributed by atoms with Crippen LogP contribution in [0.2, 0.25) is 0 Å². The van der Waals surface area contributed by atoms with E-state index in [0.29, 0.717) is 13.2 Å². The average Bonchev–Trinajstić information content (AvgIpc) is 2.52. The van der Waals surface area contributed by atoms with Gasteiger partial charge in [0, 0.05) is 38.1 Å². The summed E-state index contributed by atoms with van der Waals surface area (Å²) in [6, 6.07) is 0. The highest BCUT2D eigenvalue weighted by Gasteiger charge is 2.43. The van der Waals surface area contributed by atoms with E-state index < -0.39 is 9.05 Å². The van der Waals surface area contributed by atoms with Crippen molar-refractivity contribution in [1.29, 1.82) is 0 Å². The van der Waals surface area contributed by atoms with Gasteiger partial charge in [-0.1, -0.05) is 57.5 Å². The lowest BCUT2D eigenvalue weighted by atomic mass is 10.2. The highest BCUT2D eigenvalue weighted by Crippen LogP contribution is 2.13. The van der Waals surface area contributed by atoms with Gasteiger partial charge in [0.2, 0.25) is 0 Å². The average molecular weight is 450 g/mol. The van der Waals surface area contributed by atoms with Crippen molar-refractivity contribution in [2.24, 2.45) is 0 Å². The van der Waals surface area contributed by atoms with Gasteiger partial charge in [0.25, 0.3) is 0 Å². The second-order valence-corrected chi connectivity index (χ2v) is 8.79. The van der Waals surface area contributed by atoms with Gasteiger partial charge in [-0.05, 0) is 25.7 Å². The number of alkyl halides is 2. The molecule has 0 N–H and O–H groups in total. The van der Waals surface area contributed by atoms with Gasteiger partial charge in [0.05, 0.1) is 0 Å². The fourth-order valence-corrected chi connectivity index (χ4v) is 4.16. The Balaban J connectivity index is 3.78. The van der Waals surface area contributed by atoms with Crippen LogP contribution < -0.4 is 0 Å². The molecule has 0 saturated heterocycles. The quantitative estimate of drug-likeness (QED) is 0.195. The van der Waals surface area contributed by atoms with Crippen molar-refractivity contribution >= 4 is 40.9 Å². The van der Waals surface area contributed by atoms with Crippen LogP contribution in [0.1, 0.15) is 51.4 Å². The summed E-state index contributed by atoms with van der Waals surface area (Å²) < 4.78 is 22.4. The molecule has 0 spiro atoms. The van der Waals surface area contributed by atoms with Gasteiger partial charge >= 0.3 is 9.05 Å². The third-order valence-corrected chi connectivity index (χ3v) is 6.35. The number of halogens is 2. The molecule has 4 nitrogen and oxygen atoms in total. The molecule has 0 aromatic carbocycles. The summed E-state index contributed by atoms with van der Waals surface area (Å²) in [6.07, 6.45) is 9.22. The van der Waals surface area contributed by atoms with Crippen molar-refractivity contribution in [3.8, 4) is 0 Å². The lowest BCUT2D eigenvalue weighted by Gasteiger charge is -2.25. The van der Waals surface area contributed by atoms with Crippen molar-refractivity contribution in [3.63, 3.8) is 0 Å². The first-order chi connectivity index (χ1) is 10.2. The molecule has 128 valence electrons. The fourth-order valence-electron chi connectivity index (χ4n) is 1.86. The Kier molecular flexibility index (Phi) is 16.7. The number of hydrogen-bond acceptors (Lipinski definition) is 4. The molecule has 0 saturated carbocycles. The normalized spacial score (nSPS) is 12.0. The van der Waals surface area contributed by atoms with E-state index in [1.807, 2.05) is 0 Å². The zero-order chi connectivity index (χ0) is 15.8. The minimum absolute atomic E-state index is 0.639. The molecule has 0 heterocycles. The summed E-state index contributed by atoms with van der Waals surface area (Å²) in [7, 11) is 0.306. The molecule has 0 rings (SSSR count). The van der Waals surface area contributed by atoms with Crippen LogP contribution in [0.5, 0.6) is 0 Å². The Labute approximate surface area is 148 Å². The Hall–Kier alpha value is 1.02. The van der Waals surface area contributed by atoms with Crippen LogP contribution in [-0.4, -0.2) is 47.1 Å². The lowest BCUT2D eigenvalue weighted by Crippen LogP contribution is -2.47. The van der Waals surface area contributed by atoms with E-state index in [4.69, 9.17) is 17.7 Å². The van der Waals surface area contributed by atoms with E-state index in [1.54, 1.807) is 14.2 Å². The maximum absolute atomic E-state index is 5.79. The smallest absolute Gasteiger partial charge is 0.355 e. The van der Waals surface area contributed by atoms with Crippen molar-refractivity contribution in [2.75, 3.05) is 38.1 Å². The third kappa shape index (κ3) is 12.1. The predicted molar refractivity (Wildman–Crippen MR) is 96.2 cm³/mol. The summed E-state index contributed by atoms with van der Waals surface area (Å²) in [5, 5.41) is 2.14. The first kappa shape index (κ1) is 22.0. The monoisotopic (exact) mass is 448 g/mol. The van der Waals surface area contributed by atoms with Gasteiger partial charge < -0.3 is 17.7 Å². The molecule has 21 heavy (non-hydrogen) atoms. The summed E-state index contributed by atoms with van der Waals surface area (Å²) in [5.74, 6) is 0. The molecule has 0 aromatic rings. The number of unbranched alkanes of at least 4 members (excludes halogenated alkanes) is 6. The van der Waals surface area contributed by atoms with Crippen LogP contribution in [0.4, 0.5) is 0 Å². The molecule has 0 aromatic heterocycles. The van der Waals surface area contributed by atoms with E-state index in [1.165, 1.54) is 25.7 Å². The van der Waals surface area contributed by atoms with E-state index in [9.17, 15) is 0 Å². The Morgan fingerprint density at radius 3 is 1.33 bits per heavy atom. The number of hydrogen-bond donors (Lipinski definition) is 0. The van der Waals surface area contributed by atoms with E-state index in [2.05, 4.69) is 31.9 Å². The molecule has 0 aliphatic carbocycles. The van der Waals surface area contributed by atoms with Crippen molar-refractivity contribution in [1.82, 2.24) is 0 Å². The Bertz CT molecular complexity index is 201. The second kappa shape index (κ2) is 15.9. The second-order valence-electron chi connectivity index (χ2n) is 4.81. The molecule has 0 bridgehead atoms. The molecule has 0 radical (unpaired) electrons. The molecule has 0 aliphatic heterocycles. The Morgan fingerprint density at radius 2 is 1.00 bits per heavy atom. The number of rotatable bonds is 16. The highest BCUT2D eigenvalue weighted by atomic mass is 79.9. The zero-order valence-corrected chi connectivity index (χ0v) is 17.5. The van der Waals surface area contributed by atoms with Gasteiger partial charge in [0.1, 0.15) is 0 Å². The molecule has 0 unspecified atom stereocenters. The summed E-state index contributed by atoms with van der Waals surface area (Å²) in [6.45, 7) is 1.28. The van der Waals surface area contributed by atoms with Crippen molar-refractivity contribution in [2.45, 2.75) is 51.4 Å². The minimum Gasteiger partial charge on any atom is -0.355 e. The highest BCUT2D eigenvalue weighted by molar-refractivity contribution is 9.09. The molecular weight excluding hydrogens is 420 g/mol. The van der Waals surface area contributed by atoms with Gasteiger partial charge in [0.15, 0.2) is 0 Å².